The van der Waals surface area contributed by atoms with E-state index in [1.165, 1.54) is 12.8 Å². The smallest absolute Gasteiger partial charge is 0.254 e. The third-order valence-electron chi connectivity index (χ3n) is 5.98. The van der Waals surface area contributed by atoms with Crippen molar-refractivity contribution in [1.29, 1.82) is 5.26 Å². The molecule has 2 aliphatic heterocycles. The van der Waals surface area contributed by atoms with Crippen LogP contribution in [0.25, 0.3) is 11.1 Å². The first-order valence-electron chi connectivity index (χ1n) is 9.83. The van der Waals surface area contributed by atoms with Crippen LogP contribution in [0.5, 0.6) is 0 Å². The van der Waals surface area contributed by atoms with Crippen LogP contribution in [0, 0.1) is 11.3 Å². The van der Waals surface area contributed by atoms with Gasteiger partial charge in [-0.05, 0) is 67.6 Å². The molecule has 0 aromatic heterocycles. The van der Waals surface area contributed by atoms with Gasteiger partial charge in [-0.3, -0.25) is 9.69 Å². The first kappa shape index (κ1) is 17.8. The Kier molecular flexibility index (Phi) is 4.96. The topological polar surface area (TPSA) is 47.3 Å². The van der Waals surface area contributed by atoms with Crippen molar-refractivity contribution in [3.8, 4) is 17.2 Å². The van der Waals surface area contributed by atoms with Gasteiger partial charge in [-0.1, -0.05) is 24.3 Å². The predicted octanol–water partition coefficient (Wildman–Crippen LogP) is 3.71. The van der Waals surface area contributed by atoms with E-state index in [0.29, 0.717) is 11.6 Å². The van der Waals surface area contributed by atoms with Crippen molar-refractivity contribution in [2.45, 2.75) is 32.2 Å². The standard InChI is InChI=1S/C23H25N3O/c1-17-5-4-11-25(17)13-14-26-12-10-21-20(8-3-9-22(21)23(26)27)19-7-2-6-18(15-19)16-24/h2-3,6-9,15,17H,4-5,10-14H2,1H3/t17-/m1/s1. The molecule has 138 valence electrons. The molecule has 2 heterocycles. The SMILES string of the molecule is C[C@@H]1CCCN1CCN1CCc2c(cccc2-c2cccc(C#N)c2)C1=O. The number of likely N-dealkylation sites (tertiary alicyclic amines) is 1. The van der Waals surface area contributed by atoms with Crippen LogP contribution in [0.15, 0.2) is 42.5 Å². The lowest BCUT2D eigenvalue weighted by atomic mass is 9.90. The molecule has 4 rings (SSSR count). The molecule has 0 bridgehead atoms. The third kappa shape index (κ3) is 3.48. The molecule has 2 aromatic rings. The molecule has 0 N–H and O–H groups in total. The van der Waals surface area contributed by atoms with Gasteiger partial charge in [0.25, 0.3) is 5.91 Å². The van der Waals surface area contributed by atoms with Crippen LogP contribution in [0.2, 0.25) is 0 Å². The molecule has 1 atom stereocenters. The summed E-state index contributed by atoms with van der Waals surface area (Å²) in [4.78, 5) is 17.6. The minimum Gasteiger partial charge on any atom is -0.337 e. The van der Waals surface area contributed by atoms with E-state index in [0.717, 1.165) is 54.9 Å². The molecule has 2 aliphatic rings. The highest BCUT2D eigenvalue weighted by molar-refractivity contribution is 5.98. The number of benzene rings is 2. The lowest BCUT2D eigenvalue weighted by Gasteiger charge is -2.32. The number of nitrogens with zero attached hydrogens (tertiary/aromatic N) is 3. The molecule has 1 saturated heterocycles. The van der Waals surface area contributed by atoms with Gasteiger partial charge >= 0.3 is 0 Å². The maximum absolute atomic E-state index is 13.1. The van der Waals surface area contributed by atoms with E-state index in [9.17, 15) is 10.1 Å². The first-order chi connectivity index (χ1) is 13.2. The minimum absolute atomic E-state index is 0.140. The summed E-state index contributed by atoms with van der Waals surface area (Å²) in [5.74, 6) is 0.140. The molecule has 27 heavy (non-hydrogen) atoms. The third-order valence-corrected chi connectivity index (χ3v) is 5.98. The molecule has 4 heteroatoms. The van der Waals surface area contributed by atoms with Crippen LogP contribution in [-0.2, 0) is 6.42 Å². The molecule has 0 unspecified atom stereocenters. The van der Waals surface area contributed by atoms with Gasteiger partial charge in [0.05, 0.1) is 11.6 Å². The van der Waals surface area contributed by atoms with Crippen LogP contribution in [-0.4, -0.2) is 47.9 Å². The Labute approximate surface area is 161 Å². The Balaban J connectivity index is 1.56. The van der Waals surface area contributed by atoms with Gasteiger partial charge in [-0.25, -0.2) is 0 Å². The summed E-state index contributed by atoms with van der Waals surface area (Å²) in [7, 11) is 0. The number of rotatable bonds is 4. The molecular formula is C23H25N3O. The maximum Gasteiger partial charge on any atom is 0.254 e. The molecule has 0 radical (unpaired) electrons. The Morgan fingerprint density at radius 3 is 2.70 bits per heavy atom. The van der Waals surface area contributed by atoms with Crippen molar-refractivity contribution in [3.63, 3.8) is 0 Å². The van der Waals surface area contributed by atoms with Gasteiger partial charge in [0.1, 0.15) is 0 Å². The van der Waals surface area contributed by atoms with Crippen molar-refractivity contribution in [2.75, 3.05) is 26.2 Å². The molecule has 0 aliphatic carbocycles. The molecule has 2 aromatic carbocycles. The second-order valence-corrected chi connectivity index (χ2v) is 7.59. The first-order valence-corrected chi connectivity index (χ1v) is 9.83. The van der Waals surface area contributed by atoms with Gasteiger partial charge < -0.3 is 4.90 Å². The molecule has 0 spiro atoms. The Bertz CT molecular complexity index is 899. The Hall–Kier alpha value is -2.64. The van der Waals surface area contributed by atoms with E-state index in [-0.39, 0.29) is 5.91 Å². The van der Waals surface area contributed by atoms with E-state index in [2.05, 4.69) is 24.0 Å². The van der Waals surface area contributed by atoms with Crippen molar-refractivity contribution in [1.82, 2.24) is 9.80 Å². The van der Waals surface area contributed by atoms with Gasteiger partial charge in [0, 0.05) is 31.2 Å². The molecular weight excluding hydrogens is 334 g/mol. The van der Waals surface area contributed by atoms with Gasteiger partial charge in [0.2, 0.25) is 0 Å². The number of carbonyl (C=O) groups excluding carboxylic acids is 1. The van der Waals surface area contributed by atoms with Crippen LogP contribution < -0.4 is 0 Å². The van der Waals surface area contributed by atoms with Crippen LogP contribution in [0.1, 0.15) is 41.3 Å². The van der Waals surface area contributed by atoms with Gasteiger partial charge in [-0.15, -0.1) is 0 Å². The Morgan fingerprint density at radius 1 is 1.11 bits per heavy atom. The summed E-state index contributed by atoms with van der Waals surface area (Å²) in [6, 6.07) is 16.4. The van der Waals surface area contributed by atoms with E-state index < -0.39 is 0 Å². The van der Waals surface area contributed by atoms with Crippen LogP contribution in [0.3, 0.4) is 0 Å². The normalized spacial score (nSPS) is 19.8. The zero-order valence-corrected chi connectivity index (χ0v) is 15.8. The summed E-state index contributed by atoms with van der Waals surface area (Å²) >= 11 is 0. The number of amides is 1. The second kappa shape index (κ2) is 7.54. The summed E-state index contributed by atoms with van der Waals surface area (Å²) < 4.78 is 0. The largest absolute Gasteiger partial charge is 0.337 e. The summed E-state index contributed by atoms with van der Waals surface area (Å²) in [5.41, 5.74) is 4.66. The number of nitriles is 1. The second-order valence-electron chi connectivity index (χ2n) is 7.59. The maximum atomic E-state index is 13.1. The van der Waals surface area contributed by atoms with Crippen molar-refractivity contribution >= 4 is 5.91 Å². The molecule has 1 fully saturated rings. The fraction of sp³-hybridized carbons (Fsp3) is 0.391. The summed E-state index contributed by atoms with van der Waals surface area (Å²) in [6.45, 7) is 5.97. The van der Waals surface area contributed by atoms with E-state index >= 15 is 0 Å². The summed E-state index contributed by atoms with van der Waals surface area (Å²) in [6.07, 6.45) is 3.40. The molecule has 1 amide bonds. The minimum atomic E-state index is 0.140. The van der Waals surface area contributed by atoms with Gasteiger partial charge in [0.15, 0.2) is 0 Å². The fourth-order valence-corrected chi connectivity index (χ4v) is 4.39. The highest BCUT2D eigenvalue weighted by atomic mass is 16.2. The zero-order chi connectivity index (χ0) is 18.8. The van der Waals surface area contributed by atoms with E-state index in [4.69, 9.17) is 0 Å². The fourth-order valence-electron chi connectivity index (χ4n) is 4.39. The quantitative estimate of drug-likeness (QED) is 0.836. The van der Waals surface area contributed by atoms with Crippen LogP contribution >= 0.6 is 0 Å². The summed E-state index contributed by atoms with van der Waals surface area (Å²) in [5, 5.41) is 9.18. The Morgan fingerprint density at radius 2 is 1.93 bits per heavy atom. The van der Waals surface area contributed by atoms with E-state index in [1.807, 2.05) is 41.3 Å². The van der Waals surface area contributed by atoms with Crippen molar-refractivity contribution < 1.29 is 4.79 Å². The van der Waals surface area contributed by atoms with Gasteiger partial charge in [-0.2, -0.15) is 5.26 Å². The number of carbonyl (C=O) groups is 1. The molecule has 4 nitrogen and oxygen atoms in total. The van der Waals surface area contributed by atoms with Crippen molar-refractivity contribution in [3.05, 3.63) is 59.2 Å². The average Bonchev–Trinajstić information content (AvgIpc) is 3.12. The number of hydrogen-bond acceptors (Lipinski definition) is 3. The number of fused-ring (bicyclic) bond motifs is 1. The predicted molar refractivity (Wildman–Crippen MR) is 106 cm³/mol. The number of hydrogen-bond donors (Lipinski definition) is 0. The lowest BCUT2D eigenvalue weighted by molar-refractivity contribution is 0.0717. The monoisotopic (exact) mass is 359 g/mol. The average molecular weight is 359 g/mol. The van der Waals surface area contributed by atoms with Crippen molar-refractivity contribution in [2.24, 2.45) is 0 Å². The highest BCUT2D eigenvalue weighted by Crippen LogP contribution is 2.31. The highest BCUT2D eigenvalue weighted by Gasteiger charge is 2.27. The van der Waals surface area contributed by atoms with E-state index in [1.54, 1.807) is 0 Å². The lowest BCUT2D eigenvalue weighted by Crippen LogP contribution is -2.43. The zero-order valence-electron chi connectivity index (χ0n) is 15.8. The molecule has 0 saturated carbocycles. The van der Waals surface area contributed by atoms with Crippen LogP contribution in [0.4, 0.5) is 0 Å².